The molecule has 0 bridgehead atoms. The minimum absolute atomic E-state index is 0.438. The Kier molecular flexibility index (Phi) is 4.20. The highest BCUT2D eigenvalue weighted by atomic mass is 16.3. The van der Waals surface area contributed by atoms with E-state index in [2.05, 4.69) is 69.9 Å². The van der Waals surface area contributed by atoms with Crippen LogP contribution in [0.2, 0.25) is 0 Å². The summed E-state index contributed by atoms with van der Waals surface area (Å²) in [6.07, 6.45) is 0.607. The molecule has 2 heteroatoms. The first-order chi connectivity index (χ1) is 10.9. The summed E-state index contributed by atoms with van der Waals surface area (Å²) in [6.45, 7) is 11.4. The molecule has 2 nitrogen and oxygen atoms in total. The van der Waals surface area contributed by atoms with Crippen molar-refractivity contribution in [2.45, 2.75) is 53.2 Å². The van der Waals surface area contributed by atoms with Gasteiger partial charge in [0.05, 0.1) is 6.10 Å². The highest BCUT2D eigenvalue weighted by Crippen LogP contribution is 2.35. The SMILES string of the molecule is Cc1cc(C)c(C)c(C(O)CN2c3ccccc3CC2C)c1C. The Morgan fingerprint density at radius 3 is 2.35 bits per heavy atom. The van der Waals surface area contributed by atoms with E-state index in [0.29, 0.717) is 12.6 Å². The van der Waals surface area contributed by atoms with Crippen molar-refractivity contribution in [2.24, 2.45) is 0 Å². The van der Waals surface area contributed by atoms with Gasteiger partial charge in [-0.2, -0.15) is 0 Å². The number of fused-ring (bicyclic) bond motifs is 1. The fourth-order valence-corrected chi connectivity index (χ4v) is 3.93. The van der Waals surface area contributed by atoms with Crippen LogP contribution in [0, 0.1) is 27.7 Å². The third kappa shape index (κ3) is 2.76. The largest absolute Gasteiger partial charge is 0.387 e. The molecule has 2 atom stereocenters. The molecule has 0 saturated carbocycles. The molecule has 0 aliphatic carbocycles. The Hall–Kier alpha value is -1.80. The lowest BCUT2D eigenvalue weighted by molar-refractivity contribution is 0.180. The van der Waals surface area contributed by atoms with Crippen LogP contribution < -0.4 is 4.90 Å². The number of aliphatic hydroxyl groups excluding tert-OH is 1. The van der Waals surface area contributed by atoms with Crippen LogP contribution in [0.15, 0.2) is 30.3 Å². The molecule has 0 fully saturated rings. The Labute approximate surface area is 139 Å². The first-order valence-electron chi connectivity index (χ1n) is 8.50. The van der Waals surface area contributed by atoms with Gasteiger partial charge < -0.3 is 10.0 Å². The molecule has 0 spiro atoms. The molecule has 1 aliphatic heterocycles. The van der Waals surface area contributed by atoms with Gasteiger partial charge in [-0.1, -0.05) is 24.3 Å². The summed E-state index contributed by atoms with van der Waals surface area (Å²) in [7, 11) is 0. The molecule has 0 saturated heterocycles. The topological polar surface area (TPSA) is 23.5 Å². The Bertz CT molecular complexity index is 709. The van der Waals surface area contributed by atoms with Gasteiger partial charge in [0.15, 0.2) is 0 Å². The van der Waals surface area contributed by atoms with Crippen LogP contribution in [0.1, 0.15) is 46.4 Å². The fourth-order valence-electron chi connectivity index (χ4n) is 3.93. The van der Waals surface area contributed by atoms with Gasteiger partial charge in [-0.3, -0.25) is 0 Å². The van der Waals surface area contributed by atoms with Gasteiger partial charge in [0, 0.05) is 18.3 Å². The molecule has 1 aliphatic rings. The van der Waals surface area contributed by atoms with E-state index in [1.807, 2.05) is 0 Å². The van der Waals surface area contributed by atoms with E-state index in [-0.39, 0.29) is 0 Å². The number of benzene rings is 2. The summed E-state index contributed by atoms with van der Waals surface area (Å²) in [6, 6.07) is 11.2. The second-order valence-corrected chi connectivity index (χ2v) is 7.02. The molecule has 0 aromatic heterocycles. The van der Waals surface area contributed by atoms with E-state index in [0.717, 1.165) is 12.0 Å². The number of rotatable bonds is 3. The van der Waals surface area contributed by atoms with E-state index < -0.39 is 6.10 Å². The van der Waals surface area contributed by atoms with E-state index >= 15 is 0 Å². The van der Waals surface area contributed by atoms with Crippen LogP contribution in [0.5, 0.6) is 0 Å². The zero-order valence-electron chi connectivity index (χ0n) is 14.9. The summed E-state index contributed by atoms with van der Waals surface area (Å²) in [5.74, 6) is 0. The van der Waals surface area contributed by atoms with E-state index in [9.17, 15) is 5.11 Å². The molecule has 0 amide bonds. The summed E-state index contributed by atoms with van der Waals surface area (Å²) < 4.78 is 0. The van der Waals surface area contributed by atoms with Crippen LogP contribution in [-0.2, 0) is 6.42 Å². The van der Waals surface area contributed by atoms with Gasteiger partial charge in [0.1, 0.15) is 0 Å². The maximum absolute atomic E-state index is 11.0. The number of aliphatic hydroxyl groups is 1. The van der Waals surface area contributed by atoms with Crippen molar-refractivity contribution in [1.82, 2.24) is 0 Å². The zero-order chi connectivity index (χ0) is 16.7. The summed E-state index contributed by atoms with van der Waals surface area (Å²) in [5, 5.41) is 11.0. The minimum Gasteiger partial charge on any atom is -0.387 e. The molecule has 1 heterocycles. The van der Waals surface area contributed by atoms with Crippen molar-refractivity contribution in [1.29, 1.82) is 0 Å². The van der Waals surface area contributed by atoms with Crippen LogP contribution in [-0.4, -0.2) is 17.7 Å². The quantitative estimate of drug-likeness (QED) is 0.908. The molecule has 2 unspecified atom stereocenters. The maximum Gasteiger partial charge on any atom is 0.0970 e. The van der Waals surface area contributed by atoms with Gasteiger partial charge in [-0.05, 0) is 80.5 Å². The first kappa shape index (κ1) is 16.1. The summed E-state index contributed by atoms with van der Waals surface area (Å²) in [4.78, 5) is 2.36. The van der Waals surface area contributed by atoms with E-state index in [1.54, 1.807) is 0 Å². The number of hydrogen-bond donors (Lipinski definition) is 1. The number of β-amino-alcohol motifs (C(OH)–C–C–N with tert-alkyl or cyclic N) is 1. The van der Waals surface area contributed by atoms with Crippen molar-refractivity contribution in [3.63, 3.8) is 0 Å². The molecule has 2 aromatic rings. The number of hydrogen-bond acceptors (Lipinski definition) is 2. The van der Waals surface area contributed by atoms with Gasteiger partial charge in [0.25, 0.3) is 0 Å². The van der Waals surface area contributed by atoms with Crippen molar-refractivity contribution < 1.29 is 5.11 Å². The fraction of sp³-hybridized carbons (Fsp3) is 0.429. The second-order valence-electron chi connectivity index (χ2n) is 7.02. The lowest BCUT2D eigenvalue weighted by Gasteiger charge is -2.29. The molecule has 23 heavy (non-hydrogen) atoms. The average Bonchev–Trinajstić information content (AvgIpc) is 2.82. The third-order valence-electron chi connectivity index (χ3n) is 5.48. The monoisotopic (exact) mass is 309 g/mol. The van der Waals surface area contributed by atoms with Crippen LogP contribution in [0.25, 0.3) is 0 Å². The molecular weight excluding hydrogens is 282 g/mol. The normalized spacial score (nSPS) is 18.2. The lowest BCUT2D eigenvalue weighted by Crippen LogP contribution is -2.34. The van der Waals surface area contributed by atoms with Crippen LogP contribution in [0.3, 0.4) is 0 Å². The van der Waals surface area contributed by atoms with Crippen LogP contribution >= 0.6 is 0 Å². The van der Waals surface area contributed by atoms with Gasteiger partial charge in [-0.15, -0.1) is 0 Å². The maximum atomic E-state index is 11.0. The Balaban J connectivity index is 1.93. The number of aryl methyl sites for hydroxylation is 2. The van der Waals surface area contributed by atoms with Gasteiger partial charge in [-0.25, -0.2) is 0 Å². The highest BCUT2D eigenvalue weighted by molar-refractivity contribution is 5.59. The predicted molar refractivity (Wildman–Crippen MR) is 97.3 cm³/mol. The van der Waals surface area contributed by atoms with Crippen molar-refractivity contribution in [3.05, 3.63) is 63.7 Å². The second kappa shape index (κ2) is 6.01. The average molecular weight is 309 g/mol. The van der Waals surface area contributed by atoms with Gasteiger partial charge >= 0.3 is 0 Å². The van der Waals surface area contributed by atoms with Crippen molar-refractivity contribution in [3.8, 4) is 0 Å². The molecular formula is C21H27NO. The van der Waals surface area contributed by atoms with Crippen molar-refractivity contribution in [2.75, 3.05) is 11.4 Å². The lowest BCUT2D eigenvalue weighted by atomic mass is 9.90. The molecule has 122 valence electrons. The van der Waals surface area contributed by atoms with Crippen LogP contribution in [0.4, 0.5) is 5.69 Å². The highest BCUT2D eigenvalue weighted by Gasteiger charge is 2.28. The summed E-state index contributed by atoms with van der Waals surface area (Å²) >= 11 is 0. The Morgan fingerprint density at radius 1 is 1.09 bits per heavy atom. The number of anilines is 1. The van der Waals surface area contributed by atoms with Crippen molar-refractivity contribution >= 4 is 5.69 Å². The van der Waals surface area contributed by atoms with E-state index in [1.165, 1.54) is 33.5 Å². The molecule has 0 radical (unpaired) electrons. The third-order valence-corrected chi connectivity index (χ3v) is 5.48. The molecule has 2 aromatic carbocycles. The predicted octanol–water partition coefficient (Wildman–Crippen LogP) is 4.40. The minimum atomic E-state index is -0.456. The molecule has 1 N–H and O–H groups in total. The smallest absolute Gasteiger partial charge is 0.0970 e. The number of nitrogens with zero attached hydrogens (tertiary/aromatic N) is 1. The zero-order valence-corrected chi connectivity index (χ0v) is 14.9. The standard InChI is InChI=1S/C21H27NO/c1-13-10-14(2)17(5)21(16(13)4)20(23)12-22-15(3)11-18-8-6-7-9-19(18)22/h6-10,15,20,23H,11-12H2,1-5H3. The molecule has 3 rings (SSSR count). The first-order valence-corrected chi connectivity index (χ1v) is 8.50. The Morgan fingerprint density at radius 2 is 1.70 bits per heavy atom. The van der Waals surface area contributed by atoms with E-state index in [4.69, 9.17) is 0 Å². The number of para-hydroxylation sites is 1. The van der Waals surface area contributed by atoms with Gasteiger partial charge in [0.2, 0.25) is 0 Å². The summed E-state index contributed by atoms with van der Waals surface area (Å²) in [5.41, 5.74) is 8.74.